The highest BCUT2D eigenvalue weighted by atomic mass is 15.4. The number of anilines is 1. The molecule has 68 valence electrons. The van der Waals surface area contributed by atoms with Gasteiger partial charge in [0.25, 0.3) is 11.5 Å². The lowest BCUT2D eigenvalue weighted by atomic mass is 10.5. The minimum atomic E-state index is 0.780. The predicted octanol–water partition coefficient (Wildman–Crippen LogP) is -0.771. The second-order valence-corrected chi connectivity index (χ2v) is 2.84. The van der Waals surface area contributed by atoms with Crippen LogP contribution in [0.3, 0.4) is 0 Å². The molecule has 1 N–H and O–H groups in total. The molecule has 0 saturated carbocycles. The number of nitrogens with zero attached hydrogens (tertiary/aromatic N) is 5. The number of fused-ring (bicyclic) bond motifs is 1. The first-order valence-electron chi connectivity index (χ1n) is 3.96. The number of rotatable bonds is 1. The van der Waals surface area contributed by atoms with Crippen LogP contribution in [0.15, 0.2) is 6.33 Å². The van der Waals surface area contributed by atoms with E-state index in [1.807, 2.05) is 25.7 Å². The lowest BCUT2D eigenvalue weighted by molar-refractivity contribution is -0.659. The van der Waals surface area contributed by atoms with Crippen LogP contribution in [0.1, 0.15) is 0 Å². The van der Waals surface area contributed by atoms with Gasteiger partial charge in [0.15, 0.2) is 0 Å². The lowest BCUT2D eigenvalue weighted by Gasteiger charge is -1.98. The largest absolute Gasteiger partial charge is 0.306 e. The summed E-state index contributed by atoms with van der Waals surface area (Å²) in [5.41, 5.74) is 1.57. The van der Waals surface area contributed by atoms with E-state index >= 15 is 0 Å². The minimum absolute atomic E-state index is 0.780. The SMILES string of the molecule is CNc1c2nnn(C)c2nc[n+]1C. The van der Waals surface area contributed by atoms with Gasteiger partial charge in [0.1, 0.15) is 0 Å². The van der Waals surface area contributed by atoms with Gasteiger partial charge in [-0.15, -0.1) is 5.10 Å². The van der Waals surface area contributed by atoms with Crippen molar-refractivity contribution in [3.63, 3.8) is 0 Å². The van der Waals surface area contributed by atoms with E-state index in [0.29, 0.717) is 0 Å². The molecule has 0 bridgehead atoms. The number of aryl methyl sites for hydroxylation is 2. The topological polar surface area (TPSA) is 59.5 Å². The van der Waals surface area contributed by atoms with E-state index in [-0.39, 0.29) is 0 Å². The Morgan fingerprint density at radius 2 is 2.31 bits per heavy atom. The maximum Gasteiger partial charge on any atom is 0.261 e. The van der Waals surface area contributed by atoms with Crippen molar-refractivity contribution in [3.05, 3.63) is 6.33 Å². The monoisotopic (exact) mass is 179 g/mol. The molecule has 0 aliphatic carbocycles. The molecule has 6 heteroatoms. The Morgan fingerprint density at radius 3 is 3.00 bits per heavy atom. The Balaban J connectivity index is 2.85. The summed E-state index contributed by atoms with van der Waals surface area (Å²) in [5.74, 6) is 0.915. The zero-order chi connectivity index (χ0) is 9.42. The normalized spacial score (nSPS) is 10.7. The van der Waals surface area contributed by atoms with E-state index in [0.717, 1.165) is 17.0 Å². The first-order valence-corrected chi connectivity index (χ1v) is 3.96. The molecule has 0 radical (unpaired) electrons. The summed E-state index contributed by atoms with van der Waals surface area (Å²) in [6.45, 7) is 0. The van der Waals surface area contributed by atoms with Gasteiger partial charge in [-0.25, -0.2) is 9.25 Å². The molecule has 0 atom stereocenters. The molecule has 2 rings (SSSR count). The van der Waals surface area contributed by atoms with Gasteiger partial charge in [-0.1, -0.05) is 10.2 Å². The Kier molecular flexibility index (Phi) is 1.61. The van der Waals surface area contributed by atoms with Crippen LogP contribution in [0.5, 0.6) is 0 Å². The molecule has 2 aromatic heterocycles. The fourth-order valence-electron chi connectivity index (χ4n) is 1.31. The van der Waals surface area contributed by atoms with Crippen LogP contribution in [0.2, 0.25) is 0 Å². The molecule has 0 aliphatic rings. The van der Waals surface area contributed by atoms with Crippen molar-refractivity contribution in [2.75, 3.05) is 12.4 Å². The number of hydrogen-bond donors (Lipinski definition) is 1. The van der Waals surface area contributed by atoms with E-state index in [9.17, 15) is 0 Å². The molecule has 0 aromatic carbocycles. The zero-order valence-electron chi connectivity index (χ0n) is 7.81. The molecule has 0 unspecified atom stereocenters. The molecular formula is C7H11N6+. The van der Waals surface area contributed by atoms with Crippen molar-refractivity contribution < 1.29 is 4.57 Å². The summed E-state index contributed by atoms with van der Waals surface area (Å²) in [4.78, 5) is 4.21. The van der Waals surface area contributed by atoms with E-state index in [2.05, 4.69) is 20.6 Å². The van der Waals surface area contributed by atoms with Gasteiger partial charge in [-0.3, -0.25) is 0 Å². The van der Waals surface area contributed by atoms with Crippen molar-refractivity contribution in [2.45, 2.75) is 0 Å². The summed E-state index contributed by atoms with van der Waals surface area (Å²) in [6.07, 6.45) is 1.73. The van der Waals surface area contributed by atoms with Crippen molar-refractivity contribution in [2.24, 2.45) is 14.1 Å². The van der Waals surface area contributed by atoms with Crippen LogP contribution in [0.25, 0.3) is 11.2 Å². The van der Waals surface area contributed by atoms with E-state index < -0.39 is 0 Å². The van der Waals surface area contributed by atoms with E-state index in [4.69, 9.17) is 0 Å². The van der Waals surface area contributed by atoms with Crippen molar-refractivity contribution in [1.29, 1.82) is 0 Å². The fourth-order valence-corrected chi connectivity index (χ4v) is 1.31. The maximum absolute atomic E-state index is 4.21. The average Bonchev–Trinajstić information content (AvgIpc) is 2.48. The molecule has 0 aliphatic heterocycles. The van der Waals surface area contributed by atoms with Gasteiger partial charge in [-0.05, 0) is 0 Å². The van der Waals surface area contributed by atoms with E-state index in [1.165, 1.54) is 0 Å². The van der Waals surface area contributed by atoms with Gasteiger partial charge in [-0.2, -0.15) is 0 Å². The molecule has 6 nitrogen and oxygen atoms in total. The van der Waals surface area contributed by atoms with Gasteiger partial charge in [0.05, 0.1) is 7.05 Å². The molecule has 0 fully saturated rings. The third-order valence-corrected chi connectivity index (χ3v) is 1.96. The second kappa shape index (κ2) is 2.65. The van der Waals surface area contributed by atoms with Crippen LogP contribution >= 0.6 is 0 Å². The number of hydrogen-bond acceptors (Lipinski definition) is 4. The highest BCUT2D eigenvalue weighted by molar-refractivity contribution is 5.79. The van der Waals surface area contributed by atoms with Gasteiger partial charge < -0.3 is 5.32 Å². The Hall–Kier alpha value is -1.72. The number of aromatic nitrogens is 5. The summed E-state index contributed by atoms with van der Waals surface area (Å²) in [6, 6.07) is 0. The smallest absolute Gasteiger partial charge is 0.261 e. The van der Waals surface area contributed by atoms with Crippen LogP contribution in [-0.4, -0.2) is 27.0 Å². The van der Waals surface area contributed by atoms with Gasteiger partial charge in [0, 0.05) is 14.1 Å². The highest BCUT2D eigenvalue weighted by Gasteiger charge is 2.15. The third kappa shape index (κ3) is 1.02. The average molecular weight is 179 g/mol. The number of nitrogens with one attached hydrogen (secondary N) is 1. The molecule has 13 heavy (non-hydrogen) atoms. The molecular weight excluding hydrogens is 168 g/mol. The van der Waals surface area contributed by atoms with Gasteiger partial charge in [0.2, 0.25) is 11.8 Å². The summed E-state index contributed by atoms with van der Waals surface area (Å²) in [5, 5.41) is 11.0. The van der Waals surface area contributed by atoms with Crippen LogP contribution in [0.4, 0.5) is 5.82 Å². The molecule has 0 saturated heterocycles. The van der Waals surface area contributed by atoms with Crippen molar-refractivity contribution in [1.82, 2.24) is 20.0 Å². The molecule has 2 aromatic rings. The van der Waals surface area contributed by atoms with Crippen molar-refractivity contribution >= 4 is 17.0 Å². The summed E-state index contributed by atoms with van der Waals surface area (Å²) >= 11 is 0. The van der Waals surface area contributed by atoms with E-state index in [1.54, 1.807) is 11.0 Å². The predicted molar refractivity (Wildman–Crippen MR) is 47.0 cm³/mol. The summed E-state index contributed by atoms with van der Waals surface area (Å²) < 4.78 is 3.52. The lowest BCUT2D eigenvalue weighted by Crippen LogP contribution is -2.32. The fraction of sp³-hybridized carbons (Fsp3) is 0.429. The summed E-state index contributed by atoms with van der Waals surface area (Å²) in [7, 11) is 5.58. The maximum atomic E-state index is 4.21. The Morgan fingerprint density at radius 1 is 1.54 bits per heavy atom. The van der Waals surface area contributed by atoms with Crippen molar-refractivity contribution in [3.8, 4) is 0 Å². The quantitative estimate of drug-likeness (QED) is 0.584. The second-order valence-electron chi connectivity index (χ2n) is 2.84. The molecule has 0 amide bonds. The first-order chi connectivity index (χ1) is 6.24. The molecule has 0 spiro atoms. The Labute approximate surface area is 75.2 Å². The standard InChI is InChI=1S/C7H10N6/c1-8-6-5-7(9-4-12(6)2)13(3)11-10-5/h4H,1-3H3/p+1. The zero-order valence-corrected chi connectivity index (χ0v) is 7.81. The minimum Gasteiger partial charge on any atom is -0.306 e. The Bertz CT molecular complexity index is 445. The van der Waals surface area contributed by atoms with Crippen LogP contribution < -0.4 is 9.88 Å². The highest BCUT2D eigenvalue weighted by Crippen LogP contribution is 2.11. The van der Waals surface area contributed by atoms with Gasteiger partial charge >= 0.3 is 0 Å². The molecule has 2 heterocycles. The first kappa shape index (κ1) is 7.90. The third-order valence-electron chi connectivity index (χ3n) is 1.96. The van der Waals surface area contributed by atoms with Crippen LogP contribution in [-0.2, 0) is 14.1 Å². The van der Waals surface area contributed by atoms with Crippen LogP contribution in [0, 0.1) is 0 Å².